The number of rotatable bonds is 6. The van der Waals surface area contributed by atoms with Gasteiger partial charge < -0.3 is 19.5 Å². The molecule has 0 aromatic heterocycles. The van der Waals surface area contributed by atoms with Gasteiger partial charge in [-0.3, -0.25) is 10.1 Å². The number of amides is 1. The van der Waals surface area contributed by atoms with Crippen LogP contribution >= 0.6 is 15.9 Å². The predicted molar refractivity (Wildman–Crippen MR) is 96.1 cm³/mol. The molecule has 9 nitrogen and oxygen atoms in total. The van der Waals surface area contributed by atoms with E-state index in [9.17, 15) is 19.7 Å². The summed E-state index contributed by atoms with van der Waals surface area (Å²) in [4.78, 5) is 34.5. The Kier molecular flexibility index (Phi) is 7.37. The van der Waals surface area contributed by atoms with Crippen molar-refractivity contribution in [3.05, 3.63) is 32.8 Å². The zero-order valence-electron chi connectivity index (χ0n) is 15.1. The van der Waals surface area contributed by atoms with Crippen molar-refractivity contribution in [3.8, 4) is 5.75 Å². The Labute approximate surface area is 159 Å². The highest BCUT2D eigenvalue weighted by atomic mass is 79.9. The van der Waals surface area contributed by atoms with Crippen LogP contribution in [0.1, 0.15) is 27.7 Å². The zero-order valence-corrected chi connectivity index (χ0v) is 16.7. The van der Waals surface area contributed by atoms with Gasteiger partial charge in [-0.15, -0.1) is 0 Å². The lowest BCUT2D eigenvalue weighted by atomic mass is 10.1. The van der Waals surface area contributed by atoms with Crippen molar-refractivity contribution in [1.29, 1.82) is 0 Å². The number of nitro benzene ring substituents is 1. The molecule has 1 aromatic carbocycles. The first-order valence-corrected chi connectivity index (χ1v) is 8.42. The molecule has 1 aromatic rings. The number of hydrogen-bond acceptors (Lipinski definition) is 7. The van der Waals surface area contributed by atoms with E-state index in [-0.39, 0.29) is 11.4 Å². The van der Waals surface area contributed by atoms with Gasteiger partial charge in [0.1, 0.15) is 11.7 Å². The maximum absolute atomic E-state index is 12.0. The first-order chi connectivity index (χ1) is 11.9. The van der Waals surface area contributed by atoms with E-state index >= 15 is 0 Å². The molecule has 10 heteroatoms. The Morgan fingerprint density at radius 1 is 1.31 bits per heavy atom. The normalized spacial score (nSPS) is 13.3. The van der Waals surface area contributed by atoms with E-state index in [0.717, 1.165) is 7.11 Å². The Morgan fingerprint density at radius 2 is 1.92 bits per heavy atom. The molecule has 0 spiro atoms. The van der Waals surface area contributed by atoms with Gasteiger partial charge in [0.15, 0.2) is 11.8 Å². The zero-order chi connectivity index (χ0) is 20.1. The Balaban J connectivity index is 3.01. The fraction of sp³-hybridized carbons (Fsp3) is 0.500. The minimum Gasteiger partial charge on any atom is -0.481 e. The standard InChI is InChI=1S/C16H21BrN2O7/c1-9(25-12-7-6-10(17)8-11(12)19(22)23)13(14(20)24-5)18-15(21)26-16(2,3)4/h6-9,13H,1-5H3,(H,18,21). The molecule has 0 saturated heterocycles. The number of nitrogens with zero attached hydrogens (tertiary/aromatic N) is 1. The van der Waals surface area contributed by atoms with Crippen LogP contribution in [0.15, 0.2) is 22.7 Å². The molecule has 0 heterocycles. The van der Waals surface area contributed by atoms with Crippen molar-refractivity contribution in [1.82, 2.24) is 5.32 Å². The molecule has 0 radical (unpaired) electrons. The van der Waals surface area contributed by atoms with Gasteiger partial charge in [0.25, 0.3) is 0 Å². The SMILES string of the molecule is COC(=O)C(NC(=O)OC(C)(C)C)C(C)Oc1ccc(Br)cc1[N+](=O)[O-]. The van der Waals surface area contributed by atoms with Gasteiger partial charge in [0.05, 0.1) is 12.0 Å². The molecule has 1 rings (SSSR count). The number of ether oxygens (including phenoxy) is 3. The maximum atomic E-state index is 12.0. The fourth-order valence-electron chi connectivity index (χ4n) is 1.93. The van der Waals surface area contributed by atoms with Crippen molar-refractivity contribution in [2.24, 2.45) is 0 Å². The smallest absolute Gasteiger partial charge is 0.408 e. The molecule has 0 bridgehead atoms. The lowest BCUT2D eigenvalue weighted by Gasteiger charge is -2.26. The first-order valence-electron chi connectivity index (χ1n) is 7.62. The number of carbonyl (C=O) groups is 2. The molecule has 0 aliphatic carbocycles. The van der Waals surface area contributed by atoms with Crippen LogP contribution in [0.3, 0.4) is 0 Å². The second-order valence-electron chi connectivity index (χ2n) is 6.34. The van der Waals surface area contributed by atoms with Crippen molar-refractivity contribution in [2.75, 3.05) is 7.11 Å². The molecule has 0 fully saturated rings. The van der Waals surface area contributed by atoms with Gasteiger partial charge in [-0.1, -0.05) is 15.9 Å². The summed E-state index contributed by atoms with van der Waals surface area (Å²) < 4.78 is 15.8. The molecule has 0 aliphatic heterocycles. The van der Waals surface area contributed by atoms with E-state index in [1.165, 1.54) is 19.1 Å². The second kappa shape index (κ2) is 8.84. The first kappa shape index (κ1) is 21.7. The highest BCUT2D eigenvalue weighted by Crippen LogP contribution is 2.31. The van der Waals surface area contributed by atoms with Crippen LogP contribution in [0.25, 0.3) is 0 Å². The Morgan fingerprint density at radius 3 is 2.42 bits per heavy atom. The van der Waals surface area contributed by atoms with Gasteiger partial charge in [-0.2, -0.15) is 0 Å². The van der Waals surface area contributed by atoms with E-state index in [1.807, 2.05) is 0 Å². The van der Waals surface area contributed by atoms with Crippen LogP contribution in [-0.2, 0) is 14.3 Å². The summed E-state index contributed by atoms with van der Waals surface area (Å²) in [6.45, 7) is 6.49. The van der Waals surface area contributed by atoms with Gasteiger partial charge in [0, 0.05) is 10.5 Å². The van der Waals surface area contributed by atoms with E-state index < -0.39 is 34.7 Å². The van der Waals surface area contributed by atoms with E-state index in [4.69, 9.17) is 9.47 Å². The third kappa shape index (κ3) is 6.51. The quantitative estimate of drug-likeness (QED) is 0.416. The molecule has 0 saturated carbocycles. The van der Waals surface area contributed by atoms with Crippen molar-refractivity contribution < 1.29 is 28.7 Å². The highest BCUT2D eigenvalue weighted by molar-refractivity contribution is 9.10. The molecular formula is C16H21BrN2O7. The number of methoxy groups -OCH3 is 1. The van der Waals surface area contributed by atoms with Gasteiger partial charge in [0.2, 0.25) is 0 Å². The summed E-state index contributed by atoms with van der Waals surface area (Å²) >= 11 is 3.15. The number of halogens is 1. The number of esters is 1. The summed E-state index contributed by atoms with van der Waals surface area (Å²) in [6.07, 6.45) is -1.80. The molecule has 1 amide bonds. The average molecular weight is 433 g/mol. The monoisotopic (exact) mass is 432 g/mol. The molecule has 1 N–H and O–H groups in total. The van der Waals surface area contributed by atoms with Gasteiger partial charge in [-0.05, 0) is 39.8 Å². The Bertz CT molecular complexity index is 688. The fourth-order valence-corrected chi connectivity index (χ4v) is 2.28. The third-order valence-electron chi connectivity index (χ3n) is 3.03. The van der Waals surface area contributed by atoms with Gasteiger partial charge >= 0.3 is 17.7 Å². The summed E-state index contributed by atoms with van der Waals surface area (Å²) in [5, 5.41) is 13.5. The van der Waals surface area contributed by atoms with E-state index in [0.29, 0.717) is 4.47 Å². The van der Waals surface area contributed by atoms with Crippen LogP contribution in [0.2, 0.25) is 0 Å². The molecule has 0 aliphatic rings. The number of carbonyl (C=O) groups excluding carboxylic acids is 2. The molecule has 26 heavy (non-hydrogen) atoms. The van der Waals surface area contributed by atoms with E-state index in [2.05, 4.69) is 26.0 Å². The van der Waals surface area contributed by atoms with Crippen LogP contribution in [0.5, 0.6) is 5.75 Å². The Hall–Kier alpha value is -2.36. The van der Waals surface area contributed by atoms with Crippen LogP contribution in [-0.4, -0.2) is 41.8 Å². The molecule has 2 unspecified atom stereocenters. The van der Waals surface area contributed by atoms with Crippen LogP contribution < -0.4 is 10.1 Å². The number of hydrogen-bond donors (Lipinski definition) is 1. The number of nitrogens with one attached hydrogen (secondary N) is 1. The van der Waals surface area contributed by atoms with Crippen LogP contribution in [0.4, 0.5) is 10.5 Å². The van der Waals surface area contributed by atoms with Crippen molar-refractivity contribution >= 4 is 33.7 Å². The number of alkyl carbamates (subject to hydrolysis) is 1. The summed E-state index contributed by atoms with van der Waals surface area (Å²) in [5.74, 6) is -0.825. The number of benzene rings is 1. The second-order valence-corrected chi connectivity index (χ2v) is 7.25. The topological polar surface area (TPSA) is 117 Å². The van der Waals surface area contributed by atoms with Crippen LogP contribution in [0, 0.1) is 10.1 Å². The summed E-state index contributed by atoms with van der Waals surface area (Å²) in [7, 11) is 1.15. The van der Waals surface area contributed by atoms with E-state index in [1.54, 1.807) is 26.8 Å². The maximum Gasteiger partial charge on any atom is 0.408 e. The van der Waals surface area contributed by atoms with Gasteiger partial charge in [-0.25, -0.2) is 9.59 Å². The largest absolute Gasteiger partial charge is 0.481 e. The number of nitro groups is 1. The summed E-state index contributed by atoms with van der Waals surface area (Å²) in [6, 6.07) is 3.00. The average Bonchev–Trinajstić information content (AvgIpc) is 2.51. The highest BCUT2D eigenvalue weighted by Gasteiger charge is 2.32. The lowest BCUT2D eigenvalue weighted by Crippen LogP contribution is -2.51. The molecule has 144 valence electrons. The lowest BCUT2D eigenvalue weighted by molar-refractivity contribution is -0.386. The predicted octanol–water partition coefficient (Wildman–Crippen LogP) is 3.19. The summed E-state index contributed by atoms with van der Waals surface area (Å²) in [5.41, 5.74) is -1.05. The minimum absolute atomic E-state index is 0.0504. The molecule has 2 atom stereocenters. The van der Waals surface area contributed by atoms with Crippen molar-refractivity contribution in [3.63, 3.8) is 0 Å². The van der Waals surface area contributed by atoms with Crippen molar-refractivity contribution in [2.45, 2.75) is 45.4 Å². The minimum atomic E-state index is -1.22. The molecular weight excluding hydrogens is 412 g/mol. The third-order valence-corrected chi connectivity index (χ3v) is 3.52.